The van der Waals surface area contributed by atoms with Crippen LogP contribution >= 0.6 is 11.6 Å². The third kappa shape index (κ3) is 5.96. The predicted octanol–water partition coefficient (Wildman–Crippen LogP) is 3.66. The summed E-state index contributed by atoms with van der Waals surface area (Å²) in [6.07, 6.45) is 3.22. The van der Waals surface area contributed by atoms with Crippen molar-refractivity contribution in [2.45, 2.75) is 51.5 Å². The van der Waals surface area contributed by atoms with Gasteiger partial charge >= 0.3 is 6.09 Å². The van der Waals surface area contributed by atoms with E-state index < -0.39 is 5.60 Å². The van der Waals surface area contributed by atoms with Crippen LogP contribution < -0.4 is 0 Å². The van der Waals surface area contributed by atoms with Gasteiger partial charge in [-0.3, -0.25) is 9.58 Å². The highest BCUT2D eigenvalue weighted by molar-refractivity contribution is 6.30. The van der Waals surface area contributed by atoms with Crippen LogP contribution in [0.5, 0.6) is 0 Å². The lowest BCUT2D eigenvalue weighted by atomic mass is 10.0. The number of morpholine rings is 1. The van der Waals surface area contributed by atoms with E-state index in [9.17, 15) is 4.79 Å². The maximum Gasteiger partial charge on any atom is 0.410 e. The largest absolute Gasteiger partial charge is 0.444 e. The molecular weight excluding hydrogens is 392 g/mol. The minimum absolute atomic E-state index is 0.144. The molecule has 1 saturated heterocycles. The minimum Gasteiger partial charge on any atom is -0.444 e. The second kappa shape index (κ2) is 8.85. The zero-order chi connectivity index (χ0) is 21.0. The first-order valence-electron chi connectivity index (χ1n) is 9.52. The summed E-state index contributed by atoms with van der Waals surface area (Å²) in [7, 11) is 0. The van der Waals surface area contributed by atoms with Gasteiger partial charge in [0.25, 0.3) is 0 Å². The first kappa shape index (κ1) is 21.2. The summed E-state index contributed by atoms with van der Waals surface area (Å²) in [6.45, 7) is 6.78. The molecule has 1 aromatic heterocycles. The molecule has 0 N–H and O–H groups in total. The Bertz CT molecular complexity index is 883. The number of ether oxygens (including phenoxy) is 2. The van der Waals surface area contributed by atoms with Crippen LogP contribution in [0.1, 0.15) is 31.9 Å². The molecule has 0 aliphatic carbocycles. The number of nitrogens with zero attached hydrogens (tertiary/aromatic N) is 4. The Hall–Kier alpha value is -2.56. The van der Waals surface area contributed by atoms with Gasteiger partial charge in [-0.2, -0.15) is 10.4 Å². The van der Waals surface area contributed by atoms with E-state index in [-0.39, 0.29) is 18.2 Å². The van der Waals surface area contributed by atoms with Crippen LogP contribution in [0, 0.1) is 11.3 Å². The van der Waals surface area contributed by atoms with E-state index in [1.807, 2.05) is 45.0 Å². The zero-order valence-electron chi connectivity index (χ0n) is 16.8. The molecule has 0 spiro atoms. The van der Waals surface area contributed by atoms with E-state index in [0.717, 1.165) is 5.56 Å². The number of hydrogen-bond acceptors (Lipinski definition) is 5. The molecule has 0 saturated carbocycles. The number of hydrogen-bond donors (Lipinski definition) is 0. The van der Waals surface area contributed by atoms with Crippen LogP contribution in [0.25, 0.3) is 0 Å². The lowest BCUT2D eigenvalue weighted by Gasteiger charge is -2.40. The molecule has 1 aromatic carbocycles. The van der Waals surface area contributed by atoms with Crippen LogP contribution in [-0.4, -0.2) is 51.7 Å². The lowest BCUT2D eigenvalue weighted by molar-refractivity contribution is -0.0751. The Kier molecular flexibility index (Phi) is 6.46. The number of carbonyl (C=O) groups excluding carboxylic acids is 1. The summed E-state index contributed by atoms with van der Waals surface area (Å²) in [5, 5.41) is 13.8. The van der Waals surface area contributed by atoms with Gasteiger partial charge in [-0.1, -0.05) is 23.7 Å². The third-order valence-corrected chi connectivity index (χ3v) is 4.78. The Morgan fingerprint density at radius 2 is 2.10 bits per heavy atom. The molecular formula is C21H25ClN4O3. The van der Waals surface area contributed by atoms with E-state index in [4.69, 9.17) is 26.3 Å². The van der Waals surface area contributed by atoms with Crippen molar-refractivity contribution in [3.8, 4) is 6.07 Å². The second-order valence-corrected chi connectivity index (χ2v) is 8.57. The molecule has 1 fully saturated rings. The quantitative estimate of drug-likeness (QED) is 0.759. The van der Waals surface area contributed by atoms with Crippen molar-refractivity contribution in [1.82, 2.24) is 14.7 Å². The maximum absolute atomic E-state index is 12.9. The minimum atomic E-state index is -0.584. The van der Waals surface area contributed by atoms with Crippen LogP contribution in [0.15, 0.2) is 36.7 Å². The molecule has 29 heavy (non-hydrogen) atoms. The van der Waals surface area contributed by atoms with Crippen molar-refractivity contribution in [2.75, 3.05) is 13.2 Å². The molecule has 0 radical (unpaired) electrons. The molecule has 154 valence electrons. The highest BCUT2D eigenvalue weighted by Gasteiger charge is 2.35. The smallest absolute Gasteiger partial charge is 0.410 e. The average molecular weight is 417 g/mol. The zero-order valence-corrected chi connectivity index (χ0v) is 17.6. The van der Waals surface area contributed by atoms with Gasteiger partial charge in [0.05, 0.1) is 43.6 Å². The first-order valence-corrected chi connectivity index (χ1v) is 9.89. The number of nitriles is 1. The van der Waals surface area contributed by atoms with Crippen LogP contribution in [0.2, 0.25) is 5.02 Å². The van der Waals surface area contributed by atoms with E-state index >= 15 is 0 Å². The SMILES string of the molecule is CC(C)(C)OC(=O)N1C[C@H](Cn2cc(C#N)cn2)OC[C@@H]1Cc1ccc(Cl)cc1. The summed E-state index contributed by atoms with van der Waals surface area (Å²) >= 11 is 5.98. The number of aromatic nitrogens is 2. The highest BCUT2D eigenvalue weighted by atomic mass is 35.5. The maximum atomic E-state index is 12.9. The highest BCUT2D eigenvalue weighted by Crippen LogP contribution is 2.21. The molecule has 1 aliphatic heterocycles. The third-order valence-electron chi connectivity index (χ3n) is 4.53. The number of halogens is 1. The number of carbonyl (C=O) groups is 1. The van der Waals surface area contributed by atoms with E-state index in [1.54, 1.807) is 15.8 Å². The number of benzene rings is 1. The van der Waals surface area contributed by atoms with Gasteiger partial charge < -0.3 is 9.47 Å². The summed E-state index contributed by atoms with van der Waals surface area (Å²) in [5.41, 5.74) is 0.977. The van der Waals surface area contributed by atoms with Crippen LogP contribution in [0.3, 0.4) is 0 Å². The van der Waals surface area contributed by atoms with Gasteiger partial charge in [-0.25, -0.2) is 4.79 Å². The summed E-state index contributed by atoms with van der Waals surface area (Å²) in [6, 6.07) is 9.50. The molecule has 1 aliphatic rings. The summed E-state index contributed by atoms with van der Waals surface area (Å²) < 4.78 is 13.3. The summed E-state index contributed by atoms with van der Waals surface area (Å²) in [5.74, 6) is 0. The van der Waals surface area contributed by atoms with Crippen molar-refractivity contribution in [1.29, 1.82) is 5.26 Å². The van der Waals surface area contributed by atoms with E-state index in [1.165, 1.54) is 6.20 Å². The molecule has 3 rings (SSSR count). The standard InChI is InChI=1S/C21H25ClN4O3/c1-21(2,3)29-20(27)26-13-19(12-25-11-16(9-23)10-24-25)28-14-18(26)8-15-4-6-17(22)7-5-15/h4-7,10-11,18-19H,8,12-14H2,1-3H3/t18-,19-/m0/s1. The lowest BCUT2D eigenvalue weighted by Crippen LogP contribution is -2.55. The van der Waals surface area contributed by atoms with Crippen LogP contribution in [-0.2, 0) is 22.4 Å². The number of amides is 1. The van der Waals surface area contributed by atoms with Gasteiger partial charge in [-0.05, 0) is 44.9 Å². The Balaban J connectivity index is 1.73. The molecule has 0 bridgehead atoms. The normalized spacial score (nSPS) is 19.6. The van der Waals surface area contributed by atoms with Crippen molar-refractivity contribution >= 4 is 17.7 Å². The molecule has 8 heteroatoms. The fraction of sp³-hybridized carbons (Fsp3) is 0.476. The molecule has 7 nitrogen and oxygen atoms in total. The molecule has 2 heterocycles. The fourth-order valence-electron chi connectivity index (χ4n) is 3.20. The number of rotatable bonds is 4. The van der Waals surface area contributed by atoms with Gasteiger partial charge in [0.2, 0.25) is 0 Å². The van der Waals surface area contributed by atoms with Gasteiger partial charge in [0, 0.05) is 11.2 Å². The first-order chi connectivity index (χ1) is 13.7. The fourth-order valence-corrected chi connectivity index (χ4v) is 3.33. The average Bonchev–Trinajstić information content (AvgIpc) is 3.11. The Morgan fingerprint density at radius 3 is 2.72 bits per heavy atom. The topological polar surface area (TPSA) is 80.4 Å². The molecule has 2 aromatic rings. The predicted molar refractivity (Wildman–Crippen MR) is 109 cm³/mol. The molecule has 2 atom stereocenters. The molecule has 0 unspecified atom stereocenters. The van der Waals surface area contributed by atoms with Crippen molar-refractivity contribution in [2.24, 2.45) is 0 Å². The van der Waals surface area contributed by atoms with Gasteiger partial charge in [0.1, 0.15) is 11.7 Å². The van der Waals surface area contributed by atoms with Gasteiger partial charge in [-0.15, -0.1) is 0 Å². The second-order valence-electron chi connectivity index (χ2n) is 8.14. The van der Waals surface area contributed by atoms with Crippen molar-refractivity contribution < 1.29 is 14.3 Å². The Labute approximate surface area is 175 Å². The van der Waals surface area contributed by atoms with Crippen LogP contribution in [0.4, 0.5) is 4.79 Å². The monoisotopic (exact) mass is 416 g/mol. The molecule has 1 amide bonds. The van der Waals surface area contributed by atoms with E-state index in [2.05, 4.69) is 11.2 Å². The van der Waals surface area contributed by atoms with Crippen molar-refractivity contribution in [3.63, 3.8) is 0 Å². The summed E-state index contributed by atoms with van der Waals surface area (Å²) in [4.78, 5) is 14.6. The van der Waals surface area contributed by atoms with E-state index in [0.29, 0.717) is 36.7 Å². The Morgan fingerprint density at radius 1 is 1.38 bits per heavy atom. The van der Waals surface area contributed by atoms with Crippen molar-refractivity contribution in [3.05, 3.63) is 52.8 Å². The van der Waals surface area contributed by atoms with Gasteiger partial charge in [0.15, 0.2) is 0 Å².